The fourth-order valence-corrected chi connectivity index (χ4v) is 3.36. The second kappa shape index (κ2) is 10.5. The van der Waals surface area contributed by atoms with Crippen LogP contribution in [0.25, 0.3) is 0 Å². The van der Waals surface area contributed by atoms with E-state index in [-0.39, 0.29) is 5.91 Å². The summed E-state index contributed by atoms with van der Waals surface area (Å²) < 4.78 is 11.5. The molecule has 2 heterocycles. The molecule has 0 atom stereocenters. The number of hydrogen-bond donors (Lipinski definition) is 1. The van der Waals surface area contributed by atoms with E-state index in [1.54, 1.807) is 30.6 Å². The second-order valence-corrected chi connectivity index (χ2v) is 7.37. The fraction of sp³-hybridized carbons (Fsp3) is 0.333. The van der Waals surface area contributed by atoms with Gasteiger partial charge in [0.1, 0.15) is 11.6 Å². The van der Waals surface area contributed by atoms with Gasteiger partial charge in [0, 0.05) is 29.9 Å². The largest absolute Gasteiger partial charge is 0.490 e. The maximum Gasteiger partial charge on any atom is 0.257 e. The van der Waals surface area contributed by atoms with Crippen LogP contribution in [-0.2, 0) is 13.0 Å². The van der Waals surface area contributed by atoms with Gasteiger partial charge >= 0.3 is 0 Å². The molecule has 0 aliphatic carbocycles. The number of aromatic nitrogens is 3. The smallest absolute Gasteiger partial charge is 0.257 e. The van der Waals surface area contributed by atoms with Gasteiger partial charge in [0.05, 0.1) is 6.61 Å². The Morgan fingerprint density at radius 1 is 1.14 bits per heavy atom. The van der Waals surface area contributed by atoms with Crippen LogP contribution in [-0.4, -0.2) is 27.7 Å². The van der Waals surface area contributed by atoms with Gasteiger partial charge in [-0.1, -0.05) is 30.7 Å². The predicted octanol–water partition coefficient (Wildman–Crippen LogP) is 4.51. The molecule has 2 aromatic heterocycles. The van der Waals surface area contributed by atoms with Crippen LogP contribution in [0, 0.1) is 0 Å². The minimum absolute atomic E-state index is 0.261. The molecule has 0 unspecified atom stereocenters. The van der Waals surface area contributed by atoms with Crippen molar-refractivity contribution in [1.29, 1.82) is 0 Å². The molecule has 1 aromatic carbocycles. The Balaban J connectivity index is 1.68. The zero-order chi connectivity index (χ0) is 20.5. The van der Waals surface area contributed by atoms with E-state index >= 15 is 0 Å². The lowest BCUT2D eigenvalue weighted by Crippen LogP contribution is -2.12. The summed E-state index contributed by atoms with van der Waals surface area (Å²) in [6.45, 7) is 4.84. The summed E-state index contributed by atoms with van der Waals surface area (Å²) in [6.07, 6.45) is 6.49. The molecule has 152 valence electrons. The van der Waals surface area contributed by atoms with Gasteiger partial charge in [0.15, 0.2) is 11.5 Å². The molecule has 0 saturated heterocycles. The molecule has 29 heavy (non-hydrogen) atoms. The quantitative estimate of drug-likeness (QED) is 0.527. The Kier molecular flexibility index (Phi) is 7.52. The fourth-order valence-electron chi connectivity index (χ4n) is 2.58. The maximum atomic E-state index is 12.6. The molecule has 0 aliphatic rings. The highest BCUT2D eigenvalue weighted by Crippen LogP contribution is 2.30. The van der Waals surface area contributed by atoms with Crippen molar-refractivity contribution in [3.63, 3.8) is 0 Å². The normalized spacial score (nSPS) is 10.6. The van der Waals surface area contributed by atoms with Gasteiger partial charge in [-0.2, -0.15) is 0 Å². The van der Waals surface area contributed by atoms with Crippen molar-refractivity contribution in [2.45, 2.75) is 39.7 Å². The van der Waals surface area contributed by atoms with Crippen molar-refractivity contribution in [1.82, 2.24) is 15.2 Å². The topological polar surface area (TPSA) is 86.2 Å². The van der Waals surface area contributed by atoms with E-state index in [1.165, 1.54) is 11.3 Å². The zero-order valence-corrected chi connectivity index (χ0v) is 17.4. The highest BCUT2D eigenvalue weighted by atomic mass is 32.1. The molecule has 0 aliphatic heterocycles. The third-order valence-corrected chi connectivity index (χ3v) is 4.95. The Morgan fingerprint density at radius 2 is 2.03 bits per heavy atom. The van der Waals surface area contributed by atoms with Crippen LogP contribution in [0.3, 0.4) is 0 Å². The van der Waals surface area contributed by atoms with E-state index in [9.17, 15) is 4.79 Å². The maximum absolute atomic E-state index is 12.6. The average Bonchev–Trinajstić information content (AvgIpc) is 3.19. The number of carbonyl (C=O) groups is 1. The summed E-state index contributed by atoms with van der Waals surface area (Å²) >= 11 is 1.40. The third kappa shape index (κ3) is 5.99. The highest BCUT2D eigenvalue weighted by Gasteiger charge is 2.14. The van der Waals surface area contributed by atoms with Crippen molar-refractivity contribution >= 4 is 22.4 Å². The number of unbranched alkanes of at least 4 members (excludes halogenated alkanes) is 1. The first-order chi connectivity index (χ1) is 14.2. The number of rotatable bonds is 10. The van der Waals surface area contributed by atoms with Crippen LogP contribution in [0.5, 0.6) is 11.5 Å². The summed E-state index contributed by atoms with van der Waals surface area (Å²) in [4.78, 5) is 16.7. The lowest BCUT2D eigenvalue weighted by atomic mass is 10.2. The number of pyridine rings is 1. The van der Waals surface area contributed by atoms with Crippen molar-refractivity contribution < 1.29 is 14.3 Å². The minimum Gasteiger partial charge on any atom is -0.490 e. The lowest BCUT2D eigenvalue weighted by molar-refractivity contribution is 0.102. The number of hydrogen-bond acceptors (Lipinski definition) is 7. The Bertz CT molecular complexity index is 931. The second-order valence-electron chi connectivity index (χ2n) is 6.30. The molecule has 0 saturated carbocycles. The number of nitrogens with zero attached hydrogens (tertiary/aromatic N) is 3. The lowest BCUT2D eigenvalue weighted by Gasteiger charge is -2.13. The zero-order valence-electron chi connectivity index (χ0n) is 16.6. The predicted molar refractivity (Wildman–Crippen MR) is 113 cm³/mol. The van der Waals surface area contributed by atoms with E-state index in [0.29, 0.717) is 35.4 Å². The summed E-state index contributed by atoms with van der Waals surface area (Å²) in [6, 6.07) is 8.91. The molecule has 3 rings (SSSR count). The summed E-state index contributed by atoms with van der Waals surface area (Å²) in [7, 11) is 0. The molecular weight excluding hydrogens is 388 g/mol. The minimum atomic E-state index is -0.261. The number of nitrogens with one attached hydrogen (secondary N) is 1. The molecule has 1 N–H and O–H groups in total. The van der Waals surface area contributed by atoms with Gasteiger partial charge < -0.3 is 9.47 Å². The Morgan fingerprint density at radius 3 is 2.79 bits per heavy atom. The van der Waals surface area contributed by atoms with E-state index < -0.39 is 0 Å². The molecule has 0 fully saturated rings. The first-order valence-electron chi connectivity index (χ1n) is 9.61. The third-order valence-electron chi connectivity index (χ3n) is 4.05. The number of carbonyl (C=O) groups excluding carboxylic acids is 1. The molecule has 0 radical (unpaired) electrons. The molecule has 8 heteroatoms. The summed E-state index contributed by atoms with van der Waals surface area (Å²) in [5.41, 5.74) is 1.42. The number of amides is 1. The summed E-state index contributed by atoms with van der Waals surface area (Å²) in [5, 5.41) is 12.4. The molecule has 3 aromatic rings. The number of benzene rings is 1. The molecule has 1 amide bonds. The average molecular weight is 413 g/mol. The van der Waals surface area contributed by atoms with Crippen LogP contribution in [0.1, 0.15) is 47.6 Å². The molecule has 7 nitrogen and oxygen atoms in total. The number of anilines is 1. The van der Waals surface area contributed by atoms with Gasteiger partial charge in [-0.05, 0) is 37.6 Å². The monoisotopic (exact) mass is 412 g/mol. The van der Waals surface area contributed by atoms with E-state index in [4.69, 9.17) is 9.47 Å². The number of aryl methyl sites for hydroxylation is 1. The molecule has 0 spiro atoms. The molecular formula is C21H24N4O3S. The van der Waals surface area contributed by atoms with Crippen molar-refractivity contribution in [3.8, 4) is 11.5 Å². The first-order valence-corrected chi connectivity index (χ1v) is 10.4. The first kappa shape index (κ1) is 20.7. The van der Waals surface area contributed by atoms with Crippen LogP contribution in [0.2, 0.25) is 0 Å². The van der Waals surface area contributed by atoms with E-state index in [0.717, 1.165) is 29.8 Å². The van der Waals surface area contributed by atoms with Crippen molar-refractivity contribution in [3.05, 3.63) is 58.9 Å². The van der Waals surface area contributed by atoms with Crippen LogP contribution < -0.4 is 14.8 Å². The SMILES string of the molecule is CCCCc1nnc(NC(=O)c2ccc(OCc3cccnc3)c(OCC)c2)s1. The Labute approximate surface area is 174 Å². The van der Waals surface area contributed by atoms with Crippen LogP contribution in [0.4, 0.5) is 5.13 Å². The van der Waals surface area contributed by atoms with Crippen LogP contribution in [0.15, 0.2) is 42.7 Å². The van der Waals surface area contributed by atoms with Crippen molar-refractivity contribution in [2.75, 3.05) is 11.9 Å². The van der Waals surface area contributed by atoms with Gasteiger partial charge in [0.2, 0.25) is 5.13 Å². The van der Waals surface area contributed by atoms with Crippen LogP contribution >= 0.6 is 11.3 Å². The van der Waals surface area contributed by atoms with Gasteiger partial charge in [-0.3, -0.25) is 15.1 Å². The number of ether oxygens (including phenoxy) is 2. The van der Waals surface area contributed by atoms with E-state index in [2.05, 4.69) is 27.4 Å². The van der Waals surface area contributed by atoms with E-state index in [1.807, 2.05) is 19.1 Å². The summed E-state index contributed by atoms with van der Waals surface area (Å²) in [5.74, 6) is 0.831. The van der Waals surface area contributed by atoms with Gasteiger partial charge in [-0.15, -0.1) is 10.2 Å². The van der Waals surface area contributed by atoms with Crippen molar-refractivity contribution in [2.24, 2.45) is 0 Å². The standard InChI is InChI=1S/C21H24N4O3S/c1-3-5-8-19-24-25-21(29-19)23-20(26)16-9-10-17(18(12-16)27-4-2)28-14-15-7-6-11-22-13-15/h6-7,9-13H,3-5,8,14H2,1-2H3,(H,23,25,26). The Hall–Kier alpha value is -3.00. The molecule has 0 bridgehead atoms. The van der Waals surface area contributed by atoms with Gasteiger partial charge in [-0.25, -0.2) is 0 Å². The highest BCUT2D eigenvalue weighted by molar-refractivity contribution is 7.15. The van der Waals surface area contributed by atoms with Gasteiger partial charge in [0.25, 0.3) is 5.91 Å².